The Kier molecular flexibility index (Phi) is 6.77. The zero-order chi connectivity index (χ0) is 20.8. The standard InChI is InChI=1S/C21H24N2O5S/c1-26-17-6-4-16(5-7-17)22-9-11-23(12-10-22)21(29)15-3-8-18(19(13-15)27-2)28-14-20(24)25/h3-8,13H,9-12,14H2,1-2H3,(H,24,25). The number of carboxylic acid groups (broad SMARTS) is 1. The van der Waals surface area contributed by atoms with Crippen LogP contribution in [0.3, 0.4) is 0 Å². The van der Waals surface area contributed by atoms with E-state index < -0.39 is 12.6 Å². The number of thiocarbonyl (C=S) groups is 1. The number of anilines is 1. The monoisotopic (exact) mass is 416 g/mol. The Morgan fingerprint density at radius 3 is 2.28 bits per heavy atom. The fraction of sp³-hybridized carbons (Fsp3) is 0.333. The van der Waals surface area contributed by atoms with Crippen LogP contribution >= 0.6 is 12.2 Å². The van der Waals surface area contributed by atoms with Crippen molar-refractivity contribution >= 4 is 28.9 Å². The molecule has 1 aliphatic heterocycles. The van der Waals surface area contributed by atoms with Gasteiger partial charge in [-0.1, -0.05) is 12.2 Å². The minimum Gasteiger partial charge on any atom is -0.497 e. The maximum Gasteiger partial charge on any atom is 0.341 e. The SMILES string of the molecule is COc1ccc(N2CCN(C(=S)c3ccc(OCC(=O)O)c(OC)c3)CC2)cc1. The van der Waals surface area contributed by atoms with Crippen molar-refractivity contribution in [3.63, 3.8) is 0 Å². The number of piperazine rings is 1. The van der Waals surface area contributed by atoms with E-state index >= 15 is 0 Å². The molecule has 1 fully saturated rings. The van der Waals surface area contributed by atoms with Crippen molar-refractivity contribution in [2.24, 2.45) is 0 Å². The average Bonchev–Trinajstić information content (AvgIpc) is 2.77. The summed E-state index contributed by atoms with van der Waals surface area (Å²) < 4.78 is 15.8. The van der Waals surface area contributed by atoms with Crippen molar-refractivity contribution in [1.29, 1.82) is 0 Å². The van der Waals surface area contributed by atoms with Gasteiger partial charge in [0.1, 0.15) is 10.7 Å². The van der Waals surface area contributed by atoms with Crippen LogP contribution in [0.5, 0.6) is 17.2 Å². The summed E-state index contributed by atoms with van der Waals surface area (Å²) in [4.78, 5) is 15.9. The Morgan fingerprint density at radius 1 is 1.00 bits per heavy atom. The molecule has 0 amide bonds. The van der Waals surface area contributed by atoms with Crippen molar-refractivity contribution in [2.45, 2.75) is 0 Å². The summed E-state index contributed by atoms with van der Waals surface area (Å²) in [6, 6.07) is 13.4. The molecule has 3 rings (SSSR count). The molecule has 0 radical (unpaired) electrons. The second kappa shape index (κ2) is 9.47. The van der Waals surface area contributed by atoms with Gasteiger partial charge in [0.05, 0.1) is 14.2 Å². The van der Waals surface area contributed by atoms with Crippen molar-refractivity contribution in [2.75, 3.05) is 51.9 Å². The lowest BCUT2D eigenvalue weighted by molar-refractivity contribution is -0.139. The molecule has 0 saturated carbocycles. The maximum atomic E-state index is 10.7. The smallest absolute Gasteiger partial charge is 0.341 e. The predicted molar refractivity (Wildman–Crippen MR) is 115 cm³/mol. The van der Waals surface area contributed by atoms with E-state index in [9.17, 15) is 4.79 Å². The van der Waals surface area contributed by atoms with Crippen LogP contribution in [-0.4, -0.2) is 68.0 Å². The normalized spacial score (nSPS) is 13.7. The van der Waals surface area contributed by atoms with Gasteiger partial charge in [-0.15, -0.1) is 0 Å². The zero-order valence-corrected chi connectivity index (χ0v) is 17.3. The van der Waals surface area contributed by atoms with E-state index in [-0.39, 0.29) is 0 Å². The van der Waals surface area contributed by atoms with Gasteiger partial charge in [-0.3, -0.25) is 0 Å². The van der Waals surface area contributed by atoms with Crippen LogP contribution in [0.4, 0.5) is 5.69 Å². The number of ether oxygens (including phenoxy) is 3. The summed E-state index contributed by atoms with van der Waals surface area (Å²) in [5.74, 6) is 0.647. The molecule has 0 spiro atoms. The van der Waals surface area contributed by atoms with Gasteiger partial charge in [0.25, 0.3) is 0 Å². The summed E-state index contributed by atoms with van der Waals surface area (Å²) >= 11 is 5.69. The van der Waals surface area contributed by atoms with Crippen LogP contribution in [0.15, 0.2) is 42.5 Å². The Hall–Kier alpha value is -3.00. The number of rotatable bonds is 7. The molecule has 154 valence electrons. The fourth-order valence-corrected chi connectivity index (χ4v) is 3.51. The van der Waals surface area contributed by atoms with Gasteiger partial charge in [-0.25, -0.2) is 4.79 Å². The highest BCUT2D eigenvalue weighted by Gasteiger charge is 2.21. The molecule has 8 heteroatoms. The number of hydrogen-bond acceptors (Lipinski definition) is 6. The molecule has 1 N–H and O–H groups in total. The summed E-state index contributed by atoms with van der Waals surface area (Å²) in [5.41, 5.74) is 2.01. The van der Waals surface area contributed by atoms with Crippen molar-refractivity contribution < 1.29 is 24.1 Å². The Balaban J connectivity index is 1.63. The first-order valence-electron chi connectivity index (χ1n) is 9.22. The third kappa shape index (κ3) is 5.08. The first-order valence-corrected chi connectivity index (χ1v) is 9.63. The molecule has 2 aromatic carbocycles. The highest BCUT2D eigenvalue weighted by Crippen LogP contribution is 2.29. The predicted octanol–water partition coefficient (Wildman–Crippen LogP) is 2.66. The molecular formula is C21H24N2O5S. The second-order valence-electron chi connectivity index (χ2n) is 6.53. The van der Waals surface area contributed by atoms with Crippen molar-refractivity contribution in [3.05, 3.63) is 48.0 Å². The lowest BCUT2D eigenvalue weighted by Gasteiger charge is -2.37. The number of hydrogen-bond donors (Lipinski definition) is 1. The first kappa shape index (κ1) is 20.7. The summed E-state index contributed by atoms with van der Waals surface area (Å²) in [6.07, 6.45) is 0. The number of carbonyl (C=O) groups is 1. The van der Waals surface area contributed by atoms with Gasteiger partial charge in [0.2, 0.25) is 0 Å². The largest absolute Gasteiger partial charge is 0.497 e. The van der Waals surface area contributed by atoms with Gasteiger partial charge in [0, 0.05) is 37.4 Å². The molecule has 1 heterocycles. The van der Waals surface area contributed by atoms with Gasteiger partial charge in [0.15, 0.2) is 18.1 Å². The molecule has 7 nitrogen and oxygen atoms in total. The number of benzene rings is 2. The van der Waals surface area contributed by atoms with E-state index in [1.807, 2.05) is 18.2 Å². The first-order chi connectivity index (χ1) is 14.0. The van der Waals surface area contributed by atoms with Crippen LogP contribution in [-0.2, 0) is 4.79 Å². The van der Waals surface area contributed by atoms with E-state index in [1.54, 1.807) is 19.2 Å². The molecule has 1 aliphatic rings. The lowest BCUT2D eigenvalue weighted by atomic mass is 10.1. The number of methoxy groups -OCH3 is 2. The molecule has 0 atom stereocenters. The molecule has 0 bridgehead atoms. The van der Waals surface area contributed by atoms with Crippen LogP contribution in [0.25, 0.3) is 0 Å². The molecule has 0 aliphatic carbocycles. The van der Waals surface area contributed by atoms with E-state index in [0.29, 0.717) is 11.5 Å². The number of nitrogens with zero attached hydrogens (tertiary/aromatic N) is 2. The molecule has 29 heavy (non-hydrogen) atoms. The highest BCUT2D eigenvalue weighted by molar-refractivity contribution is 7.80. The second-order valence-corrected chi connectivity index (χ2v) is 6.91. The quantitative estimate of drug-likeness (QED) is 0.691. The van der Waals surface area contributed by atoms with E-state index in [2.05, 4.69) is 21.9 Å². The lowest BCUT2D eigenvalue weighted by Crippen LogP contribution is -2.48. The average molecular weight is 416 g/mol. The zero-order valence-electron chi connectivity index (χ0n) is 16.5. The van der Waals surface area contributed by atoms with Gasteiger partial charge >= 0.3 is 5.97 Å². The summed E-state index contributed by atoms with van der Waals surface area (Å²) in [5, 5.41) is 8.78. The maximum absolute atomic E-state index is 10.7. The molecule has 2 aromatic rings. The van der Waals surface area contributed by atoms with E-state index in [4.69, 9.17) is 31.5 Å². The van der Waals surface area contributed by atoms with E-state index in [0.717, 1.165) is 48.2 Å². The Morgan fingerprint density at radius 2 is 1.69 bits per heavy atom. The summed E-state index contributed by atoms with van der Waals surface area (Å²) in [7, 11) is 3.18. The topological polar surface area (TPSA) is 71.5 Å². The van der Waals surface area contributed by atoms with Crippen LogP contribution < -0.4 is 19.1 Å². The van der Waals surface area contributed by atoms with E-state index in [1.165, 1.54) is 7.11 Å². The molecule has 1 saturated heterocycles. The highest BCUT2D eigenvalue weighted by atomic mass is 32.1. The van der Waals surface area contributed by atoms with Crippen molar-refractivity contribution in [1.82, 2.24) is 4.90 Å². The van der Waals surface area contributed by atoms with Crippen LogP contribution in [0.2, 0.25) is 0 Å². The van der Waals surface area contributed by atoms with Crippen LogP contribution in [0.1, 0.15) is 5.56 Å². The number of aliphatic carboxylic acids is 1. The summed E-state index contributed by atoms with van der Waals surface area (Å²) in [6.45, 7) is 2.93. The molecule has 0 aromatic heterocycles. The van der Waals surface area contributed by atoms with Gasteiger partial charge < -0.3 is 29.1 Å². The number of carboxylic acids is 1. The minimum absolute atomic E-state index is 0.380. The Labute approximate surface area is 175 Å². The fourth-order valence-electron chi connectivity index (χ4n) is 3.20. The molecular weight excluding hydrogens is 392 g/mol. The third-order valence-corrected chi connectivity index (χ3v) is 5.26. The van der Waals surface area contributed by atoms with Crippen LogP contribution in [0, 0.1) is 0 Å². The molecule has 0 unspecified atom stereocenters. The van der Waals surface area contributed by atoms with Gasteiger partial charge in [-0.2, -0.15) is 0 Å². The Bertz CT molecular complexity index is 864. The van der Waals surface area contributed by atoms with Gasteiger partial charge in [-0.05, 0) is 42.5 Å². The third-order valence-electron chi connectivity index (χ3n) is 4.77. The minimum atomic E-state index is -1.04. The van der Waals surface area contributed by atoms with Crippen molar-refractivity contribution in [3.8, 4) is 17.2 Å².